The minimum absolute atomic E-state index is 0.0473. The molecule has 1 aliphatic rings. The molecular weight excluding hydrogens is 698 g/mol. The van der Waals surface area contributed by atoms with E-state index in [1.165, 1.54) is 22.3 Å². The molecule has 0 saturated carbocycles. The second-order valence-corrected chi connectivity index (χ2v) is 12.0. The van der Waals surface area contributed by atoms with Crippen molar-refractivity contribution in [3.8, 4) is 16.9 Å². The summed E-state index contributed by atoms with van der Waals surface area (Å²) in [5, 5.41) is 2.80. The first-order chi connectivity index (χ1) is 26.8. The van der Waals surface area contributed by atoms with Crippen LogP contribution in [-0.4, -0.2) is 138 Å². The average molecular weight is 754 g/mol. The second-order valence-electron chi connectivity index (χ2n) is 12.0. The maximum Gasteiger partial charge on any atom is 0.407 e. The van der Waals surface area contributed by atoms with Crippen LogP contribution in [0.2, 0.25) is 0 Å². The SMILES string of the molecule is O=Cc1ccc(OCCOCCOCCOCCOCCOCCOCCOCCOCCCNC(=O)OCC2c3ccccc3-c3ccccc32)cc1. The Bertz CT molecular complexity index is 1390. The van der Waals surface area contributed by atoms with Crippen molar-refractivity contribution in [2.75, 3.05) is 125 Å². The summed E-state index contributed by atoms with van der Waals surface area (Å²) < 4.78 is 55.2. The van der Waals surface area contributed by atoms with Crippen LogP contribution in [-0.2, 0) is 42.6 Å². The standard InChI is InChI=1S/C41H55NO12/c43-32-34-10-12-35(13-11-34)53-31-30-52-29-28-51-27-26-50-25-24-49-23-22-48-21-20-47-19-18-46-17-16-45-15-5-14-42-41(44)54-33-40-38-8-3-1-6-36(38)37-7-2-4-9-39(37)40/h1-4,6-13,32,40H,5,14-31,33H2,(H,42,44). The van der Waals surface area contributed by atoms with E-state index in [4.69, 9.17) is 47.4 Å². The van der Waals surface area contributed by atoms with E-state index in [9.17, 15) is 9.59 Å². The number of amides is 1. The van der Waals surface area contributed by atoms with Crippen molar-refractivity contribution >= 4 is 12.4 Å². The van der Waals surface area contributed by atoms with Crippen LogP contribution in [0.3, 0.4) is 0 Å². The van der Waals surface area contributed by atoms with Gasteiger partial charge in [-0.1, -0.05) is 48.5 Å². The first kappa shape index (κ1) is 42.8. The molecule has 13 heteroatoms. The zero-order valence-electron chi connectivity index (χ0n) is 31.1. The molecule has 0 atom stereocenters. The first-order valence-electron chi connectivity index (χ1n) is 18.6. The van der Waals surface area contributed by atoms with Gasteiger partial charge in [-0.3, -0.25) is 4.79 Å². The molecule has 54 heavy (non-hydrogen) atoms. The topological polar surface area (TPSA) is 138 Å². The fraction of sp³-hybridized carbons (Fsp3) is 0.512. The maximum atomic E-state index is 12.3. The molecule has 0 saturated heterocycles. The van der Waals surface area contributed by atoms with Gasteiger partial charge in [0, 0.05) is 24.6 Å². The zero-order valence-corrected chi connectivity index (χ0v) is 31.1. The Labute approximate surface area is 318 Å². The molecule has 0 aliphatic heterocycles. The summed E-state index contributed by atoms with van der Waals surface area (Å²) in [6.07, 6.45) is 1.06. The quantitative estimate of drug-likeness (QED) is 0.0683. The second kappa shape index (κ2) is 27.6. The number of fused-ring (bicyclic) bond motifs is 3. The van der Waals surface area contributed by atoms with Crippen LogP contribution >= 0.6 is 0 Å². The number of rotatable bonds is 32. The number of aldehydes is 1. The molecule has 296 valence electrons. The van der Waals surface area contributed by atoms with Crippen molar-refractivity contribution in [3.05, 3.63) is 89.5 Å². The van der Waals surface area contributed by atoms with Crippen LogP contribution in [0.5, 0.6) is 5.75 Å². The van der Waals surface area contributed by atoms with E-state index in [1.807, 2.05) is 24.3 Å². The summed E-state index contributed by atoms with van der Waals surface area (Å²) in [4.78, 5) is 22.9. The van der Waals surface area contributed by atoms with Gasteiger partial charge in [0.1, 0.15) is 25.2 Å². The maximum absolute atomic E-state index is 12.3. The van der Waals surface area contributed by atoms with Gasteiger partial charge in [0.2, 0.25) is 0 Å². The van der Waals surface area contributed by atoms with Crippen LogP contribution in [0, 0.1) is 0 Å². The third-order valence-corrected chi connectivity index (χ3v) is 8.20. The number of alkyl carbamates (subject to hydrolysis) is 1. The highest BCUT2D eigenvalue weighted by atomic mass is 16.6. The van der Waals surface area contributed by atoms with E-state index >= 15 is 0 Å². The molecule has 0 spiro atoms. The van der Waals surface area contributed by atoms with E-state index in [2.05, 4.69) is 29.6 Å². The summed E-state index contributed by atoms with van der Waals surface area (Å²) in [5.41, 5.74) is 5.41. The van der Waals surface area contributed by atoms with Crippen molar-refractivity contribution in [2.45, 2.75) is 12.3 Å². The van der Waals surface area contributed by atoms with Gasteiger partial charge < -0.3 is 52.7 Å². The molecule has 1 N–H and O–H groups in total. The number of hydrogen-bond acceptors (Lipinski definition) is 12. The average Bonchev–Trinajstić information content (AvgIpc) is 3.53. The summed E-state index contributed by atoms with van der Waals surface area (Å²) in [6, 6.07) is 23.5. The molecule has 0 bridgehead atoms. The van der Waals surface area contributed by atoms with Crippen molar-refractivity contribution in [3.63, 3.8) is 0 Å². The van der Waals surface area contributed by atoms with E-state index in [-0.39, 0.29) is 5.92 Å². The largest absolute Gasteiger partial charge is 0.491 e. The lowest BCUT2D eigenvalue weighted by Gasteiger charge is -2.14. The van der Waals surface area contributed by atoms with Crippen molar-refractivity contribution < 1.29 is 57.0 Å². The lowest BCUT2D eigenvalue weighted by atomic mass is 9.98. The molecule has 0 heterocycles. The van der Waals surface area contributed by atoms with Crippen LogP contribution < -0.4 is 10.1 Å². The predicted molar refractivity (Wildman–Crippen MR) is 202 cm³/mol. The van der Waals surface area contributed by atoms with Gasteiger partial charge in [0.15, 0.2) is 0 Å². The van der Waals surface area contributed by atoms with Crippen LogP contribution in [0.1, 0.15) is 33.8 Å². The van der Waals surface area contributed by atoms with E-state index in [0.717, 1.165) is 6.29 Å². The van der Waals surface area contributed by atoms with Gasteiger partial charge in [-0.05, 0) is 52.9 Å². The number of carbonyl (C=O) groups excluding carboxylic acids is 2. The molecule has 4 rings (SSSR count). The third kappa shape index (κ3) is 17.0. The van der Waals surface area contributed by atoms with Crippen LogP contribution in [0.25, 0.3) is 11.1 Å². The summed E-state index contributed by atoms with van der Waals surface area (Å²) in [7, 11) is 0. The molecular formula is C41H55NO12. The zero-order chi connectivity index (χ0) is 37.7. The Morgan fingerprint density at radius 1 is 0.519 bits per heavy atom. The lowest BCUT2D eigenvalue weighted by molar-refractivity contribution is -0.0236. The van der Waals surface area contributed by atoms with E-state index in [1.54, 1.807) is 24.3 Å². The number of hydrogen-bond donors (Lipinski definition) is 1. The third-order valence-electron chi connectivity index (χ3n) is 8.20. The van der Waals surface area contributed by atoms with Gasteiger partial charge in [-0.15, -0.1) is 0 Å². The minimum atomic E-state index is -0.418. The normalized spacial score (nSPS) is 12.0. The van der Waals surface area contributed by atoms with Crippen molar-refractivity contribution in [1.29, 1.82) is 0 Å². The van der Waals surface area contributed by atoms with Gasteiger partial charge in [0.05, 0.1) is 99.1 Å². The summed E-state index contributed by atoms with van der Waals surface area (Å²) in [5.74, 6) is 0.748. The highest BCUT2D eigenvalue weighted by Gasteiger charge is 2.28. The number of nitrogens with one attached hydrogen (secondary N) is 1. The molecule has 0 aromatic heterocycles. The highest BCUT2D eigenvalue weighted by molar-refractivity contribution is 5.79. The first-order valence-corrected chi connectivity index (χ1v) is 18.6. The Kier molecular flexibility index (Phi) is 21.9. The van der Waals surface area contributed by atoms with Gasteiger partial charge >= 0.3 is 6.09 Å². The van der Waals surface area contributed by atoms with Crippen LogP contribution in [0.4, 0.5) is 4.79 Å². The fourth-order valence-corrected chi connectivity index (χ4v) is 5.52. The Balaban J connectivity index is 0.802. The summed E-state index contributed by atoms with van der Waals surface area (Å²) >= 11 is 0. The van der Waals surface area contributed by atoms with E-state index < -0.39 is 6.09 Å². The molecule has 3 aromatic rings. The Morgan fingerprint density at radius 3 is 1.37 bits per heavy atom. The van der Waals surface area contributed by atoms with E-state index in [0.29, 0.717) is 143 Å². The Hall–Kier alpha value is -3.92. The number of carbonyl (C=O) groups is 2. The highest BCUT2D eigenvalue weighted by Crippen LogP contribution is 2.44. The predicted octanol–water partition coefficient (Wildman–Crippen LogP) is 4.94. The van der Waals surface area contributed by atoms with Crippen molar-refractivity contribution in [2.24, 2.45) is 0 Å². The molecule has 0 radical (unpaired) electrons. The number of benzene rings is 3. The molecule has 0 fully saturated rings. The molecule has 1 amide bonds. The van der Waals surface area contributed by atoms with Gasteiger partial charge in [0.25, 0.3) is 0 Å². The van der Waals surface area contributed by atoms with Crippen LogP contribution in [0.15, 0.2) is 72.8 Å². The lowest BCUT2D eigenvalue weighted by Crippen LogP contribution is -2.27. The Morgan fingerprint density at radius 2 is 0.926 bits per heavy atom. The fourth-order valence-electron chi connectivity index (χ4n) is 5.52. The van der Waals surface area contributed by atoms with Gasteiger partial charge in [-0.2, -0.15) is 0 Å². The molecule has 13 nitrogen and oxygen atoms in total. The van der Waals surface area contributed by atoms with Crippen molar-refractivity contribution in [1.82, 2.24) is 5.32 Å². The molecule has 1 aliphatic carbocycles. The molecule has 3 aromatic carbocycles. The smallest absolute Gasteiger partial charge is 0.407 e. The van der Waals surface area contributed by atoms with Gasteiger partial charge in [-0.25, -0.2) is 4.79 Å². The number of ether oxygens (including phenoxy) is 10. The minimum Gasteiger partial charge on any atom is -0.491 e. The summed E-state index contributed by atoms with van der Waals surface area (Å²) in [6.45, 7) is 8.91. The molecule has 0 unspecified atom stereocenters. The monoisotopic (exact) mass is 753 g/mol.